The molecular weight excluding hydrogens is 654 g/mol. The second-order valence-electron chi connectivity index (χ2n) is 10.7. The molecule has 0 saturated carbocycles. The van der Waals surface area contributed by atoms with E-state index in [1.165, 1.54) is 6.07 Å². The predicted molar refractivity (Wildman–Crippen MR) is 158 cm³/mol. The minimum Gasteiger partial charge on any atom is -0.475 e. The zero-order chi connectivity index (χ0) is 32.4. The maximum atomic E-state index is 14.3. The molecule has 4 N–H and O–H groups in total. The fourth-order valence-electron chi connectivity index (χ4n) is 4.80. The van der Waals surface area contributed by atoms with Gasteiger partial charge in [0.15, 0.2) is 5.82 Å². The molecule has 0 bridgehead atoms. The highest BCUT2D eigenvalue weighted by Crippen LogP contribution is 2.41. The molecule has 44 heavy (non-hydrogen) atoms. The lowest BCUT2D eigenvalue weighted by atomic mass is 10.0. The summed E-state index contributed by atoms with van der Waals surface area (Å²) in [5.41, 5.74) is 2.37. The minimum absolute atomic E-state index is 0.0746. The minimum atomic E-state index is -5.08. The van der Waals surface area contributed by atoms with Gasteiger partial charge in [0.1, 0.15) is 5.82 Å². The molecule has 3 heterocycles. The topological polar surface area (TPSA) is 134 Å². The molecule has 236 valence electrons. The lowest BCUT2D eigenvalue weighted by Crippen LogP contribution is -2.44. The van der Waals surface area contributed by atoms with Gasteiger partial charge in [0.05, 0.1) is 23.5 Å². The summed E-state index contributed by atoms with van der Waals surface area (Å²) in [5, 5.41) is 20.0. The second kappa shape index (κ2) is 12.8. The van der Waals surface area contributed by atoms with Crippen molar-refractivity contribution in [3.05, 3.63) is 69.6 Å². The molecule has 5 rings (SSSR count). The number of amides is 3. The fraction of sp³-hybridized carbons (Fsp3) is 0.357. The number of aliphatic carboxylic acids is 1. The lowest BCUT2D eigenvalue weighted by Gasteiger charge is -2.34. The molecule has 0 unspecified atom stereocenters. The molecular formula is C28H30BrF4N7O4. The van der Waals surface area contributed by atoms with Crippen molar-refractivity contribution >= 4 is 51.0 Å². The van der Waals surface area contributed by atoms with Gasteiger partial charge in [-0.15, -0.1) is 0 Å². The third-order valence-electron chi connectivity index (χ3n) is 7.38. The number of anilines is 3. The average Bonchev–Trinajstić information content (AvgIpc) is 3.48. The van der Waals surface area contributed by atoms with Gasteiger partial charge in [-0.3, -0.25) is 9.89 Å². The van der Waals surface area contributed by atoms with Crippen LogP contribution in [-0.4, -0.2) is 82.4 Å². The zero-order valence-electron chi connectivity index (χ0n) is 23.9. The largest absolute Gasteiger partial charge is 0.490 e. The molecule has 1 aromatic heterocycles. The zero-order valence-corrected chi connectivity index (χ0v) is 25.5. The van der Waals surface area contributed by atoms with Gasteiger partial charge in [-0.1, -0.05) is 6.07 Å². The number of benzene rings is 2. The Balaban J connectivity index is 0.000000566. The quantitative estimate of drug-likeness (QED) is 0.277. The van der Waals surface area contributed by atoms with Crippen LogP contribution in [0.15, 0.2) is 46.9 Å². The van der Waals surface area contributed by atoms with Crippen LogP contribution in [0, 0.1) is 5.82 Å². The SMILES string of the molecule is CN1CCN(c2ccc(C(=O)Nc3n[nH]c4c3CN(C(=O)Nc3c(F)cccc3Br)C4(C)C)cc2)CC1.O=C(O)C(F)(F)F. The van der Waals surface area contributed by atoms with Crippen LogP contribution < -0.4 is 15.5 Å². The summed E-state index contributed by atoms with van der Waals surface area (Å²) in [6, 6.07) is 11.6. The summed E-state index contributed by atoms with van der Waals surface area (Å²) in [4.78, 5) is 41.2. The molecule has 3 aromatic rings. The maximum absolute atomic E-state index is 14.3. The number of rotatable bonds is 4. The van der Waals surface area contributed by atoms with Gasteiger partial charge >= 0.3 is 18.2 Å². The smallest absolute Gasteiger partial charge is 0.475 e. The number of urea groups is 1. The summed E-state index contributed by atoms with van der Waals surface area (Å²) >= 11 is 3.28. The number of hydrogen-bond donors (Lipinski definition) is 4. The molecule has 1 fully saturated rings. The molecule has 0 atom stereocenters. The number of piperazine rings is 1. The third-order valence-corrected chi connectivity index (χ3v) is 8.04. The van der Waals surface area contributed by atoms with Crippen LogP contribution >= 0.6 is 15.9 Å². The summed E-state index contributed by atoms with van der Waals surface area (Å²) in [7, 11) is 2.12. The number of aromatic amines is 1. The van der Waals surface area contributed by atoms with Crippen molar-refractivity contribution in [3.63, 3.8) is 0 Å². The molecule has 3 amide bonds. The van der Waals surface area contributed by atoms with Gasteiger partial charge in [0.2, 0.25) is 0 Å². The Kier molecular flexibility index (Phi) is 9.53. The van der Waals surface area contributed by atoms with E-state index in [0.717, 1.165) is 43.1 Å². The first-order chi connectivity index (χ1) is 20.6. The van der Waals surface area contributed by atoms with Gasteiger partial charge < -0.3 is 30.4 Å². The third kappa shape index (κ3) is 7.13. The number of para-hydroxylation sites is 1. The molecule has 2 aromatic carbocycles. The van der Waals surface area contributed by atoms with Gasteiger partial charge in [0, 0.05) is 47.5 Å². The fourth-order valence-corrected chi connectivity index (χ4v) is 5.25. The van der Waals surface area contributed by atoms with Crippen LogP contribution in [0.4, 0.5) is 39.5 Å². The monoisotopic (exact) mass is 683 g/mol. The van der Waals surface area contributed by atoms with Crippen molar-refractivity contribution in [2.45, 2.75) is 32.1 Å². The van der Waals surface area contributed by atoms with E-state index in [0.29, 0.717) is 15.9 Å². The molecule has 16 heteroatoms. The number of nitrogens with zero attached hydrogens (tertiary/aromatic N) is 4. The number of carbonyl (C=O) groups excluding carboxylic acids is 2. The molecule has 1 saturated heterocycles. The normalized spacial score (nSPS) is 16.1. The first-order valence-electron chi connectivity index (χ1n) is 13.3. The second-order valence-corrected chi connectivity index (χ2v) is 11.5. The van der Waals surface area contributed by atoms with Gasteiger partial charge in [-0.25, -0.2) is 14.0 Å². The van der Waals surface area contributed by atoms with Crippen LogP contribution in [0.25, 0.3) is 0 Å². The molecule has 2 aliphatic rings. The highest BCUT2D eigenvalue weighted by atomic mass is 79.9. The first-order valence-corrected chi connectivity index (χ1v) is 14.1. The van der Waals surface area contributed by atoms with E-state index in [4.69, 9.17) is 9.90 Å². The van der Waals surface area contributed by atoms with E-state index in [1.807, 2.05) is 38.1 Å². The van der Waals surface area contributed by atoms with Crippen molar-refractivity contribution in [3.8, 4) is 0 Å². The predicted octanol–water partition coefficient (Wildman–Crippen LogP) is 5.23. The summed E-state index contributed by atoms with van der Waals surface area (Å²) in [6.45, 7) is 7.87. The van der Waals surface area contributed by atoms with Crippen molar-refractivity contribution in [2.75, 3.05) is 48.8 Å². The van der Waals surface area contributed by atoms with Crippen molar-refractivity contribution in [2.24, 2.45) is 0 Å². The van der Waals surface area contributed by atoms with E-state index < -0.39 is 29.5 Å². The van der Waals surface area contributed by atoms with Crippen molar-refractivity contribution < 1.29 is 37.1 Å². The number of carboxylic acids is 1. The summed E-state index contributed by atoms with van der Waals surface area (Å²) in [6.07, 6.45) is -5.08. The van der Waals surface area contributed by atoms with Gasteiger partial charge in [-0.2, -0.15) is 18.3 Å². The Labute approximate surface area is 258 Å². The van der Waals surface area contributed by atoms with E-state index in [9.17, 15) is 27.2 Å². The standard InChI is InChI=1S/C26H29BrFN7O2.C2HF3O2/c1-26(2)22-18(15-35(26)25(37)29-21-19(27)5-4-6-20(21)28)23(32-31-22)30-24(36)16-7-9-17(10-8-16)34-13-11-33(3)12-14-34;3-2(4,5)1(6)7/h4-10H,11-15H2,1-3H3,(H,29,37)(H2,30,31,32,36);(H,6,7). The van der Waals surface area contributed by atoms with Crippen LogP contribution in [0.1, 0.15) is 35.5 Å². The van der Waals surface area contributed by atoms with Gasteiger partial charge in [-0.05, 0) is 73.2 Å². The first kappa shape index (κ1) is 32.7. The van der Waals surface area contributed by atoms with E-state index in [-0.39, 0.29) is 18.1 Å². The van der Waals surface area contributed by atoms with Crippen LogP contribution in [0.5, 0.6) is 0 Å². The Bertz CT molecular complexity index is 1520. The molecule has 2 aliphatic heterocycles. The lowest BCUT2D eigenvalue weighted by molar-refractivity contribution is -0.192. The number of nitrogens with one attached hydrogen (secondary N) is 3. The van der Waals surface area contributed by atoms with Crippen LogP contribution in [-0.2, 0) is 16.9 Å². The van der Waals surface area contributed by atoms with Gasteiger partial charge in [0.25, 0.3) is 5.91 Å². The van der Waals surface area contributed by atoms with Crippen LogP contribution in [0.2, 0.25) is 0 Å². The number of halogens is 5. The molecule has 0 aliphatic carbocycles. The van der Waals surface area contributed by atoms with E-state index >= 15 is 0 Å². The van der Waals surface area contributed by atoms with Crippen molar-refractivity contribution in [1.29, 1.82) is 0 Å². The molecule has 11 nitrogen and oxygen atoms in total. The summed E-state index contributed by atoms with van der Waals surface area (Å²) in [5.74, 6) is -3.20. The van der Waals surface area contributed by atoms with Crippen LogP contribution in [0.3, 0.4) is 0 Å². The number of alkyl halides is 3. The Morgan fingerprint density at radius 3 is 2.20 bits per heavy atom. The summed E-state index contributed by atoms with van der Waals surface area (Å²) < 4.78 is 46.5. The Morgan fingerprint density at radius 1 is 1.02 bits per heavy atom. The number of hydrogen-bond acceptors (Lipinski definition) is 6. The van der Waals surface area contributed by atoms with E-state index in [1.54, 1.807) is 17.0 Å². The number of carbonyl (C=O) groups is 3. The number of carboxylic acid groups (broad SMARTS) is 1. The molecule has 0 spiro atoms. The Hall–Kier alpha value is -4.18. The maximum Gasteiger partial charge on any atom is 0.490 e. The number of likely N-dealkylation sites (N-methyl/N-ethyl adjacent to an activating group) is 1. The molecule has 0 radical (unpaired) electrons. The Morgan fingerprint density at radius 2 is 1.64 bits per heavy atom. The number of fused-ring (bicyclic) bond motifs is 1. The highest BCUT2D eigenvalue weighted by molar-refractivity contribution is 9.10. The number of H-pyrrole nitrogens is 1. The van der Waals surface area contributed by atoms with Crippen molar-refractivity contribution in [1.82, 2.24) is 20.0 Å². The van der Waals surface area contributed by atoms with E-state index in [2.05, 4.69) is 53.6 Å². The highest BCUT2D eigenvalue weighted by Gasteiger charge is 2.44. The number of aromatic nitrogens is 2. The average molecular weight is 684 g/mol.